The Morgan fingerprint density at radius 1 is 1.43 bits per heavy atom. The van der Waals surface area contributed by atoms with Crippen molar-refractivity contribution in [3.05, 3.63) is 35.1 Å². The van der Waals surface area contributed by atoms with Crippen LogP contribution < -0.4 is 11.1 Å². The van der Waals surface area contributed by atoms with Gasteiger partial charge in [0.2, 0.25) is 0 Å². The van der Waals surface area contributed by atoms with E-state index in [2.05, 4.69) is 10.5 Å². The summed E-state index contributed by atoms with van der Waals surface area (Å²) < 4.78 is 19.4. The summed E-state index contributed by atoms with van der Waals surface area (Å²) in [5.41, 5.74) is 5.06. The molecule has 1 fully saturated rings. The minimum Gasteiger partial charge on any atom is -0.409 e. The third kappa shape index (κ3) is 3.90. The fourth-order valence-electron chi connectivity index (χ4n) is 2.33. The van der Waals surface area contributed by atoms with Gasteiger partial charge in [0.05, 0.1) is 11.2 Å². The van der Waals surface area contributed by atoms with E-state index < -0.39 is 11.4 Å². The summed E-state index contributed by atoms with van der Waals surface area (Å²) in [5, 5.41) is 24.8. The number of aliphatic hydroxyl groups is 1. The Balaban J connectivity index is 1.97. The largest absolute Gasteiger partial charge is 0.409 e. The molecule has 1 aliphatic rings. The van der Waals surface area contributed by atoms with E-state index in [4.69, 9.17) is 15.7 Å². The lowest BCUT2D eigenvalue weighted by Crippen LogP contribution is -2.44. The molecule has 0 aromatic heterocycles. The maximum absolute atomic E-state index is 14.2. The second-order valence-electron chi connectivity index (χ2n) is 5.20. The zero-order valence-corrected chi connectivity index (χ0v) is 11.7. The minimum atomic E-state index is -0.808. The number of rotatable bonds is 5. The van der Waals surface area contributed by atoms with Gasteiger partial charge < -0.3 is 26.1 Å². The van der Waals surface area contributed by atoms with Crippen LogP contribution in [0.2, 0.25) is 0 Å². The fourth-order valence-corrected chi connectivity index (χ4v) is 2.33. The van der Waals surface area contributed by atoms with Crippen molar-refractivity contribution < 1.29 is 19.4 Å². The molecule has 5 N–H and O–H groups in total. The predicted octanol–water partition coefficient (Wildman–Crippen LogP) is 0.551. The van der Waals surface area contributed by atoms with Crippen LogP contribution in [0.4, 0.5) is 4.39 Å². The highest BCUT2D eigenvalue weighted by Gasteiger charge is 2.29. The van der Waals surface area contributed by atoms with E-state index >= 15 is 0 Å². The Bertz CT molecular complexity index is 516. The van der Waals surface area contributed by atoms with E-state index in [9.17, 15) is 9.50 Å². The molecule has 1 aromatic rings. The van der Waals surface area contributed by atoms with Gasteiger partial charge in [0.25, 0.3) is 0 Å². The molecule has 0 radical (unpaired) electrons. The van der Waals surface area contributed by atoms with Crippen LogP contribution in [0, 0.1) is 5.82 Å². The standard InChI is InChI=1S/C14H20FN3O3/c15-12-10(2-1-3-11(12)13(16)18-20)8-17-9-14(19)4-6-21-7-5-14/h1-3,17,19-20H,4-9H2,(H2,16,18). The Kier molecular flexibility index (Phi) is 5.11. The molecule has 1 aliphatic heterocycles. The van der Waals surface area contributed by atoms with E-state index in [1.165, 1.54) is 6.07 Å². The molecule has 0 bridgehead atoms. The van der Waals surface area contributed by atoms with Crippen LogP contribution in [0.3, 0.4) is 0 Å². The molecule has 0 unspecified atom stereocenters. The first-order valence-corrected chi connectivity index (χ1v) is 6.82. The molecule has 0 spiro atoms. The van der Waals surface area contributed by atoms with Crippen molar-refractivity contribution in [1.29, 1.82) is 0 Å². The smallest absolute Gasteiger partial charge is 0.173 e. The maximum Gasteiger partial charge on any atom is 0.173 e. The first-order valence-electron chi connectivity index (χ1n) is 6.82. The van der Waals surface area contributed by atoms with Crippen molar-refractivity contribution in [2.45, 2.75) is 25.0 Å². The molecule has 0 saturated carbocycles. The number of nitrogens with two attached hydrogens (primary N) is 1. The molecular weight excluding hydrogens is 277 g/mol. The topological polar surface area (TPSA) is 100 Å². The summed E-state index contributed by atoms with van der Waals surface area (Å²) >= 11 is 0. The van der Waals surface area contributed by atoms with Crippen molar-refractivity contribution >= 4 is 5.84 Å². The molecule has 1 aromatic carbocycles. The van der Waals surface area contributed by atoms with E-state index in [1.54, 1.807) is 12.1 Å². The van der Waals surface area contributed by atoms with E-state index in [0.717, 1.165) is 0 Å². The van der Waals surface area contributed by atoms with Gasteiger partial charge in [0.1, 0.15) is 5.82 Å². The van der Waals surface area contributed by atoms with E-state index in [-0.39, 0.29) is 17.9 Å². The molecule has 116 valence electrons. The average molecular weight is 297 g/mol. The molecule has 21 heavy (non-hydrogen) atoms. The van der Waals surface area contributed by atoms with Crippen LogP contribution in [0.15, 0.2) is 23.4 Å². The monoisotopic (exact) mass is 297 g/mol. The molecule has 1 saturated heterocycles. The average Bonchev–Trinajstić information content (AvgIpc) is 2.49. The SMILES string of the molecule is N/C(=N/O)c1cccc(CNCC2(O)CCOCC2)c1F. The Labute approximate surface area is 122 Å². The summed E-state index contributed by atoms with van der Waals surface area (Å²) in [6.45, 7) is 1.68. The third-order valence-electron chi connectivity index (χ3n) is 3.66. The van der Waals surface area contributed by atoms with Gasteiger partial charge in [0, 0.05) is 44.7 Å². The lowest BCUT2D eigenvalue weighted by molar-refractivity contribution is -0.0617. The van der Waals surface area contributed by atoms with Gasteiger partial charge in [-0.2, -0.15) is 0 Å². The fraction of sp³-hybridized carbons (Fsp3) is 0.500. The van der Waals surface area contributed by atoms with Gasteiger partial charge in [-0.1, -0.05) is 17.3 Å². The molecule has 0 aliphatic carbocycles. The van der Waals surface area contributed by atoms with Gasteiger partial charge in [-0.15, -0.1) is 0 Å². The van der Waals surface area contributed by atoms with Gasteiger partial charge in [0.15, 0.2) is 5.84 Å². The normalized spacial score (nSPS) is 18.7. The van der Waals surface area contributed by atoms with Crippen molar-refractivity contribution in [2.24, 2.45) is 10.9 Å². The van der Waals surface area contributed by atoms with Gasteiger partial charge in [-0.3, -0.25) is 0 Å². The van der Waals surface area contributed by atoms with Crippen LogP contribution in [-0.4, -0.2) is 41.5 Å². The number of ether oxygens (including phenoxy) is 1. The zero-order chi connectivity index (χ0) is 15.3. The number of nitrogens with zero attached hydrogens (tertiary/aromatic N) is 1. The number of halogens is 1. The summed E-state index contributed by atoms with van der Waals surface area (Å²) in [6.07, 6.45) is 1.12. The van der Waals surface area contributed by atoms with Crippen LogP contribution in [0.5, 0.6) is 0 Å². The van der Waals surface area contributed by atoms with Crippen LogP contribution in [-0.2, 0) is 11.3 Å². The quantitative estimate of drug-likeness (QED) is 0.275. The molecule has 0 atom stereocenters. The van der Waals surface area contributed by atoms with Crippen molar-refractivity contribution in [3.8, 4) is 0 Å². The zero-order valence-electron chi connectivity index (χ0n) is 11.7. The van der Waals surface area contributed by atoms with Gasteiger partial charge >= 0.3 is 0 Å². The van der Waals surface area contributed by atoms with Gasteiger partial charge in [-0.05, 0) is 6.07 Å². The molecule has 1 heterocycles. The van der Waals surface area contributed by atoms with Crippen LogP contribution in [0.25, 0.3) is 0 Å². The van der Waals surface area contributed by atoms with E-state index in [1.807, 2.05) is 0 Å². The highest BCUT2D eigenvalue weighted by atomic mass is 19.1. The third-order valence-corrected chi connectivity index (χ3v) is 3.66. The number of amidine groups is 1. The first-order chi connectivity index (χ1) is 10.1. The number of nitrogens with one attached hydrogen (secondary N) is 1. The molecular formula is C14H20FN3O3. The summed E-state index contributed by atoms with van der Waals surface area (Å²) in [7, 11) is 0. The molecule has 6 nitrogen and oxygen atoms in total. The van der Waals surface area contributed by atoms with Gasteiger partial charge in [-0.25, -0.2) is 4.39 Å². The predicted molar refractivity (Wildman–Crippen MR) is 75.6 cm³/mol. The van der Waals surface area contributed by atoms with Crippen molar-refractivity contribution in [3.63, 3.8) is 0 Å². The maximum atomic E-state index is 14.2. The number of hydrogen-bond donors (Lipinski definition) is 4. The van der Waals surface area contributed by atoms with E-state index in [0.29, 0.717) is 38.2 Å². The van der Waals surface area contributed by atoms with Crippen LogP contribution in [0.1, 0.15) is 24.0 Å². The number of benzene rings is 1. The first kappa shape index (κ1) is 15.7. The van der Waals surface area contributed by atoms with Crippen molar-refractivity contribution in [1.82, 2.24) is 5.32 Å². The van der Waals surface area contributed by atoms with Crippen molar-refractivity contribution in [2.75, 3.05) is 19.8 Å². The Hall–Kier alpha value is -1.70. The Morgan fingerprint density at radius 2 is 2.14 bits per heavy atom. The lowest BCUT2D eigenvalue weighted by atomic mass is 9.94. The summed E-state index contributed by atoms with van der Waals surface area (Å²) in [5.74, 6) is -0.795. The molecule has 2 rings (SSSR count). The molecule has 0 amide bonds. The highest BCUT2D eigenvalue weighted by molar-refractivity contribution is 5.97. The minimum absolute atomic E-state index is 0.0570. The molecule has 7 heteroatoms. The number of hydrogen-bond acceptors (Lipinski definition) is 5. The number of oxime groups is 1. The second kappa shape index (κ2) is 6.84. The highest BCUT2D eigenvalue weighted by Crippen LogP contribution is 2.20. The van der Waals surface area contributed by atoms with Crippen LogP contribution >= 0.6 is 0 Å². The lowest BCUT2D eigenvalue weighted by Gasteiger charge is -2.32. The Morgan fingerprint density at radius 3 is 2.81 bits per heavy atom. The summed E-state index contributed by atoms with van der Waals surface area (Å²) in [6, 6.07) is 4.70. The second-order valence-corrected chi connectivity index (χ2v) is 5.20. The summed E-state index contributed by atoms with van der Waals surface area (Å²) in [4.78, 5) is 0.